The minimum Gasteiger partial charge on any atom is -0.383 e. The van der Waals surface area contributed by atoms with Crippen LogP contribution in [0, 0.1) is 5.92 Å². The van der Waals surface area contributed by atoms with Crippen LogP contribution in [0.1, 0.15) is 32.6 Å². The summed E-state index contributed by atoms with van der Waals surface area (Å²) in [6.45, 7) is 3.63. The van der Waals surface area contributed by atoms with Crippen molar-refractivity contribution < 1.29 is 4.74 Å². The molecule has 1 rings (SSSR count). The maximum absolute atomic E-state index is 5.08. The average Bonchev–Trinajstić information content (AvgIpc) is 2.27. The fourth-order valence-electron chi connectivity index (χ4n) is 1.80. The lowest BCUT2D eigenvalue weighted by Crippen LogP contribution is -2.35. The molecule has 1 fully saturated rings. The second-order valence-electron chi connectivity index (χ2n) is 4.24. The zero-order chi connectivity index (χ0) is 11.8. The van der Waals surface area contributed by atoms with Gasteiger partial charge in [0.2, 0.25) is 0 Å². The molecule has 0 amide bonds. The standard InChI is InChI=1S/C11H21N3OS/c1-9-4-3-5-10(8-9)13-14-11(16)12-6-7-15-2/h9H,3-8H2,1-2H3,(H2,12,14,16)/b13-10-/t9-/m0/s1. The first-order valence-corrected chi connectivity index (χ1v) is 6.21. The van der Waals surface area contributed by atoms with E-state index >= 15 is 0 Å². The van der Waals surface area contributed by atoms with Crippen LogP contribution in [-0.4, -0.2) is 31.1 Å². The third-order valence-corrected chi connectivity index (χ3v) is 2.89. The van der Waals surface area contributed by atoms with Crippen molar-refractivity contribution in [3.8, 4) is 0 Å². The van der Waals surface area contributed by atoms with Gasteiger partial charge in [0.05, 0.1) is 6.61 Å². The number of thiocarbonyl (C=S) groups is 1. The summed E-state index contributed by atoms with van der Waals surface area (Å²) >= 11 is 5.08. The lowest BCUT2D eigenvalue weighted by atomic mass is 9.89. The van der Waals surface area contributed by atoms with E-state index in [2.05, 4.69) is 22.8 Å². The Morgan fingerprint density at radius 2 is 2.44 bits per heavy atom. The number of nitrogens with one attached hydrogen (secondary N) is 2. The Labute approximate surface area is 103 Å². The van der Waals surface area contributed by atoms with Crippen LogP contribution in [0.3, 0.4) is 0 Å². The van der Waals surface area contributed by atoms with Gasteiger partial charge in [-0.1, -0.05) is 6.92 Å². The fraction of sp³-hybridized carbons (Fsp3) is 0.818. The molecule has 0 aromatic carbocycles. The molecular formula is C11H21N3OS. The van der Waals surface area contributed by atoms with Crippen LogP contribution < -0.4 is 10.7 Å². The predicted octanol–water partition coefficient (Wildman–Crippen LogP) is 1.66. The Morgan fingerprint density at radius 3 is 3.12 bits per heavy atom. The van der Waals surface area contributed by atoms with Gasteiger partial charge in [0.15, 0.2) is 5.11 Å². The van der Waals surface area contributed by atoms with Gasteiger partial charge in [-0.2, -0.15) is 5.10 Å². The Balaban J connectivity index is 2.21. The highest BCUT2D eigenvalue weighted by atomic mass is 32.1. The lowest BCUT2D eigenvalue weighted by molar-refractivity contribution is 0.204. The zero-order valence-electron chi connectivity index (χ0n) is 10.1. The van der Waals surface area contributed by atoms with E-state index < -0.39 is 0 Å². The number of hydrazone groups is 1. The van der Waals surface area contributed by atoms with Gasteiger partial charge in [-0.25, -0.2) is 0 Å². The van der Waals surface area contributed by atoms with Gasteiger partial charge in [0.25, 0.3) is 0 Å². The van der Waals surface area contributed by atoms with Crippen molar-refractivity contribution >= 4 is 23.0 Å². The van der Waals surface area contributed by atoms with Gasteiger partial charge in [0, 0.05) is 19.4 Å². The highest BCUT2D eigenvalue weighted by Crippen LogP contribution is 2.20. The maximum Gasteiger partial charge on any atom is 0.187 e. The Bertz CT molecular complexity index is 256. The fourth-order valence-corrected chi connectivity index (χ4v) is 1.95. The van der Waals surface area contributed by atoms with Gasteiger partial charge in [-0.3, -0.25) is 5.43 Å². The van der Waals surface area contributed by atoms with E-state index in [0.717, 1.165) is 18.8 Å². The molecule has 0 heterocycles. The van der Waals surface area contributed by atoms with E-state index in [4.69, 9.17) is 17.0 Å². The van der Waals surface area contributed by atoms with Crippen LogP contribution in [0.15, 0.2) is 5.10 Å². The van der Waals surface area contributed by atoms with Crippen LogP contribution in [0.4, 0.5) is 0 Å². The summed E-state index contributed by atoms with van der Waals surface area (Å²) in [6.07, 6.45) is 4.74. The number of rotatable bonds is 4. The molecule has 0 bridgehead atoms. The van der Waals surface area contributed by atoms with Crippen LogP contribution in [0.25, 0.3) is 0 Å². The smallest absolute Gasteiger partial charge is 0.187 e. The molecule has 1 aliphatic rings. The number of ether oxygens (including phenoxy) is 1. The van der Waals surface area contributed by atoms with Gasteiger partial charge >= 0.3 is 0 Å². The lowest BCUT2D eigenvalue weighted by Gasteiger charge is -2.19. The van der Waals surface area contributed by atoms with Crippen molar-refractivity contribution in [1.82, 2.24) is 10.7 Å². The molecule has 0 spiro atoms. The first-order valence-electron chi connectivity index (χ1n) is 5.80. The summed E-state index contributed by atoms with van der Waals surface area (Å²) in [4.78, 5) is 0. The molecule has 5 heteroatoms. The van der Waals surface area contributed by atoms with Crippen molar-refractivity contribution in [1.29, 1.82) is 0 Å². The number of nitrogens with zero attached hydrogens (tertiary/aromatic N) is 1. The molecule has 4 nitrogen and oxygen atoms in total. The summed E-state index contributed by atoms with van der Waals surface area (Å²) in [7, 11) is 1.67. The summed E-state index contributed by atoms with van der Waals surface area (Å²) in [5.74, 6) is 0.754. The first-order chi connectivity index (χ1) is 7.72. The normalized spacial score (nSPS) is 23.1. The summed E-state index contributed by atoms with van der Waals surface area (Å²) in [5, 5.41) is 7.93. The topological polar surface area (TPSA) is 45.6 Å². The molecule has 92 valence electrons. The minimum absolute atomic E-state index is 0.572. The highest BCUT2D eigenvalue weighted by molar-refractivity contribution is 7.80. The third kappa shape index (κ3) is 5.42. The minimum atomic E-state index is 0.572. The van der Waals surface area contributed by atoms with Crippen LogP contribution in [-0.2, 0) is 4.74 Å². The summed E-state index contributed by atoms with van der Waals surface area (Å²) < 4.78 is 4.92. The molecule has 1 saturated carbocycles. The molecule has 2 N–H and O–H groups in total. The van der Waals surface area contributed by atoms with Crippen molar-refractivity contribution in [2.24, 2.45) is 11.0 Å². The van der Waals surface area contributed by atoms with E-state index in [1.807, 2.05) is 0 Å². The predicted molar refractivity (Wildman–Crippen MR) is 70.7 cm³/mol. The Kier molecular flexibility index (Phi) is 6.33. The molecule has 0 aromatic rings. The van der Waals surface area contributed by atoms with Crippen molar-refractivity contribution in [3.05, 3.63) is 0 Å². The van der Waals surface area contributed by atoms with Crippen molar-refractivity contribution in [2.75, 3.05) is 20.3 Å². The van der Waals surface area contributed by atoms with Crippen molar-refractivity contribution in [2.45, 2.75) is 32.6 Å². The quantitative estimate of drug-likeness (QED) is 0.448. The van der Waals surface area contributed by atoms with Gasteiger partial charge in [0.1, 0.15) is 0 Å². The molecule has 0 saturated heterocycles. The molecular weight excluding hydrogens is 222 g/mol. The van der Waals surface area contributed by atoms with E-state index in [1.165, 1.54) is 18.6 Å². The summed E-state index contributed by atoms with van der Waals surface area (Å²) in [6, 6.07) is 0. The Hall–Kier alpha value is -0.680. The molecule has 16 heavy (non-hydrogen) atoms. The zero-order valence-corrected chi connectivity index (χ0v) is 10.9. The van der Waals surface area contributed by atoms with Gasteiger partial charge < -0.3 is 10.1 Å². The van der Waals surface area contributed by atoms with Gasteiger partial charge in [-0.05, 0) is 43.8 Å². The third-order valence-electron chi connectivity index (χ3n) is 2.65. The van der Waals surface area contributed by atoms with Crippen LogP contribution in [0.2, 0.25) is 0 Å². The monoisotopic (exact) mass is 243 g/mol. The van der Waals surface area contributed by atoms with E-state index in [0.29, 0.717) is 18.3 Å². The average molecular weight is 243 g/mol. The summed E-state index contributed by atoms with van der Waals surface area (Å²) in [5.41, 5.74) is 4.12. The second-order valence-corrected chi connectivity index (χ2v) is 4.65. The Morgan fingerprint density at radius 1 is 1.62 bits per heavy atom. The van der Waals surface area contributed by atoms with Crippen LogP contribution >= 0.6 is 12.2 Å². The molecule has 0 radical (unpaired) electrons. The molecule has 0 aliphatic heterocycles. The van der Waals surface area contributed by atoms with Crippen LogP contribution in [0.5, 0.6) is 0 Å². The number of methoxy groups -OCH3 is 1. The first kappa shape index (κ1) is 13.4. The van der Waals surface area contributed by atoms with Crippen molar-refractivity contribution in [3.63, 3.8) is 0 Å². The van der Waals surface area contributed by atoms with E-state index in [1.54, 1.807) is 7.11 Å². The molecule has 1 atom stereocenters. The van der Waals surface area contributed by atoms with Gasteiger partial charge in [-0.15, -0.1) is 0 Å². The highest BCUT2D eigenvalue weighted by Gasteiger charge is 2.13. The second kappa shape index (κ2) is 7.57. The molecule has 1 aliphatic carbocycles. The van der Waals surface area contributed by atoms with E-state index in [9.17, 15) is 0 Å². The number of hydrogen-bond donors (Lipinski definition) is 2. The molecule has 0 unspecified atom stereocenters. The SMILES string of the molecule is COCCNC(=S)N/N=C1/CCC[C@H](C)C1. The largest absolute Gasteiger partial charge is 0.383 e. The van der Waals surface area contributed by atoms with E-state index in [-0.39, 0.29) is 0 Å². The molecule has 0 aromatic heterocycles. The maximum atomic E-state index is 5.08. The number of hydrogen-bond acceptors (Lipinski definition) is 3.